The van der Waals surface area contributed by atoms with Gasteiger partial charge in [-0.1, -0.05) is 0 Å². The molecule has 1 aromatic heterocycles. The van der Waals surface area contributed by atoms with E-state index < -0.39 is 6.16 Å². The lowest BCUT2D eigenvalue weighted by Crippen LogP contribution is -2.06. The molecule has 0 amide bonds. The summed E-state index contributed by atoms with van der Waals surface area (Å²) in [5.74, 6) is 0.306. The van der Waals surface area contributed by atoms with E-state index in [9.17, 15) is 4.79 Å². The summed E-state index contributed by atoms with van der Waals surface area (Å²) in [4.78, 5) is 17.2. The van der Waals surface area contributed by atoms with E-state index >= 15 is 0 Å². The monoisotopic (exact) mass is 208 g/mol. The van der Waals surface area contributed by atoms with Crippen molar-refractivity contribution in [2.24, 2.45) is 0 Å². The smallest absolute Gasteiger partial charge is 0.480 e. The van der Waals surface area contributed by atoms with Crippen molar-refractivity contribution in [2.45, 2.75) is 0 Å². The van der Waals surface area contributed by atoms with Crippen LogP contribution in [0.1, 0.15) is 0 Å². The average Bonchev–Trinajstić information content (AvgIpc) is 2.57. The molecule has 0 unspecified atom stereocenters. The molecule has 15 heavy (non-hydrogen) atoms. The van der Waals surface area contributed by atoms with Gasteiger partial charge in [-0.15, -0.1) is 0 Å². The highest BCUT2D eigenvalue weighted by Gasteiger charge is 2.06. The Morgan fingerprint density at radius 1 is 1.53 bits per heavy atom. The van der Waals surface area contributed by atoms with Gasteiger partial charge in [0.15, 0.2) is 0 Å². The third kappa shape index (κ3) is 1.83. The van der Waals surface area contributed by atoms with Gasteiger partial charge in [0.2, 0.25) is 0 Å². The van der Waals surface area contributed by atoms with Crippen LogP contribution in [0.25, 0.3) is 11.0 Å². The second kappa shape index (κ2) is 3.49. The first-order valence-corrected chi connectivity index (χ1v) is 4.13. The Hall–Kier alpha value is -2.24. The summed E-state index contributed by atoms with van der Waals surface area (Å²) in [6.07, 6.45) is -0.797. The first-order valence-electron chi connectivity index (χ1n) is 4.13. The maximum atomic E-state index is 10.8. The highest BCUT2D eigenvalue weighted by molar-refractivity contribution is 5.78. The van der Waals surface area contributed by atoms with Gasteiger partial charge in [-0.05, 0) is 12.1 Å². The SMILES string of the molecule is COC(=O)Oc1ccc2[nH]c(O)nc2c1. The standard InChI is InChI=1S/C9H8N2O4/c1-14-9(13)15-5-2-3-6-7(4-5)11-8(12)10-6/h2-4H,1H3,(H2,10,11,12). The number of aromatic nitrogens is 2. The number of methoxy groups -OCH3 is 1. The molecule has 0 aliphatic rings. The lowest BCUT2D eigenvalue weighted by atomic mass is 10.3. The molecule has 0 aliphatic carbocycles. The lowest BCUT2D eigenvalue weighted by Gasteiger charge is -2.00. The molecule has 6 heteroatoms. The molecule has 0 fully saturated rings. The molecule has 78 valence electrons. The van der Waals surface area contributed by atoms with Crippen LogP contribution in [-0.2, 0) is 4.74 Å². The number of H-pyrrole nitrogens is 1. The van der Waals surface area contributed by atoms with Crippen LogP contribution in [0.4, 0.5) is 4.79 Å². The second-order valence-corrected chi connectivity index (χ2v) is 2.80. The summed E-state index contributed by atoms with van der Waals surface area (Å²) in [6.45, 7) is 0. The van der Waals surface area contributed by atoms with Crippen LogP contribution in [0.2, 0.25) is 0 Å². The number of hydrogen-bond donors (Lipinski definition) is 2. The van der Waals surface area contributed by atoms with Gasteiger partial charge in [-0.2, -0.15) is 4.98 Å². The molecule has 0 bridgehead atoms. The van der Waals surface area contributed by atoms with Gasteiger partial charge >= 0.3 is 6.16 Å². The van der Waals surface area contributed by atoms with E-state index in [2.05, 4.69) is 14.7 Å². The van der Waals surface area contributed by atoms with Crippen LogP contribution in [0.15, 0.2) is 18.2 Å². The number of hydrogen-bond acceptors (Lipinski definition) is 5. The zero-order valence-electron chi connectivity index (χ0n) is 7.85. The van der Waals surface area contributed by atoms with Crippen molar-refractivity contribution in [2.75, 3.05) is 7.11 Å². The van der Waals surface area contributed by atoms with Crippen molar-refractivity contribution < 1.29 is 19.4 Å². The third-order valence-electron chi connectivity index (χ3n) is 1.81. The second-order valence-electron chi connectivity index (χ2n) is 2.80. The van der Waals surface area contributed by atoms with Crippen molar-refractivity contribution in [1.82, 2.24) is 9.97 Å². The minimum atomic E-state index is -0.797. The Morgan fingerprint density at radius 2 is 2.33 bits per heavy atom. The number of benzene rings is 1. The number of aromatic hydroxyl groups is 1. The number of rotatable bonds is 1. The van der Waals surface area contributed by atoms with Gasteiger partial charge in [0.25, 0.3) is 6.01 Å². The van der Waals surface area contributed by atoms with Gasteiger partial charge < -0.3 is 19.6 Å². The summed E-state index contributed by atoms with van der Waals surface area (Å²) < 4.78 is 9.12. The van der Waals surface area contributed by atoms with Gasteiger partial charge in [0.05, 0.1) is 18.1 Å². The van der Waals surface area contributed by atoms with Crippen LogP contribution in [-0.4, -0.2) is 28.3 Å². The highest BCUT2D eigenvalue weighted by Crippen LogP contribution is 2.20. The third-order valence-corrected chi connectivity index (χ3v) is 1.81. The van der Waals surface area contributed by atoms with E-state index in [4.69, 9.17) is 9.84 Å². The Morgan fingerprint density at radius 3 is 3.07 bits per heavy atom. The maximum absolute atomic E-state index is 10.8. The van der Waals surface area contributed by atoms with Crippen molar-refractivity contribution in [3.63, 3.8) is 0 Å². The van der Waals surface area contributed by atoms with E-state index in [1.54, 1.807) is 12.1 Å². The molecule has 6 nitrogen and oxygen atoms in total. The van der Waals surface area contributed by atoms with Crippen LogP contribution in [0.3, 0.4) is 0 Å². The molecule has 2 rings (SSSR count). The quantitative estimate of drug-likeness (QED) is 0.546. The predicted molar refractivity (Wildman–Crippen MR) is 50.8 cm³/mol. The van der Waals surface area contributed by atoms with Crippen LogP contribution in [0.5, 0.6) is 11.8 Å². The lowest BCUT2D eigenvalue weighted by molar-refractivity contribution is 0.121. The van der Waals surface area contributed by atoms with Crippen molar-refractivity contribution in [3.05, 3.63) is 18.2 Å². The first kappa shape index (κ1) is 9.32. The van der Waals surface area contributed by atoms with E-state index in [1.165, 1.54) is 13.2 Å². The Bertz CT molecular complexity index is 506. The molecular formula is C9H8N2O4. The molecule has 1 heterocycles. The Kier molecular flexibility index (Phi) is 2.17. The molecular weight excluding hydrogens is 200 g/mol. The zero-order chi connectivity index (χ0) is 10.8. The summed E-state index contributed by atoms with van der Waals surface area (Å²) >= 11 is 0. The normalized spacial score (nSPS) is 10.2. The molecule has 2 N–H and O–H groups in total. The number of imidazole rings is 1. The van der Waals surface area contributed by atoms with Crippen LogP contribution < -0.4 is 4.74 Å². The van der Waals surface area contributed by atoms with E-state index in [0.29, 0.717) is 16.8 Å². The summed E-state index contributed by atoms with van der Waals surface area (Å²) in [6, 6.07) is 4.54. The average molecular weight is 208 g/mol. The number of ether oxygens (including phenoxy) is 2. The maximum Gasteiger partial charge on any atom is 0.513 e. The molecule has 1 aromatic carbocycles. The minimum absolute atomic E-state index is 0.180. The fourth-order valence-corrected chi connectivity index (χ4v) is 1.17. The minimum Gasteiger partial charge on any atom is -0.480 e. The largest absolute Gasteiger partial charge is 0.513 e. The van der Waals surface area contributed by atoms with Gasteiger partial charge in [0.1, 0.15) is 5.75 Å². The van der Waals surface area contributed by atoms with Crippen molar-refractivity contribution in [3.8, 4) is 11.8 Å². The van der Waals surface area contributed by atoms with Crippen molar-refractivity contribution in [1.29, 1.82) is 0 Å². The summed E-state index contributed by atoms with van der Waals surface area (Å²) in [5.41, 5.74) is 1.17. The number of aromatic amines is 1. The van der Waals surface area contributed by atoms with E-state index in [0.717, 1.165) is 0 Å². The molecule has 0 atom stereocenters. The Labute approximate surface area is 84.5 Å². The summed E-state index contributed by atoms with van der Waals surface area (Å²) in [5, 5.41) is 9.08. The topological polar surface area (TPSA) is 84.4 Å². The fraction of sp³-hybridized carbons (Fsp3) is 0.111. The van der Waals surface area contributed by atoms with Gasteiger partial charge in [-0.3, -0.25) is 0 Å². The fourth-order valence-electron chi connectivity index (χ4n) is 1.17. The van der Waals surface area contributed by atoms with E-state index in [-0.39, 0.29) is 6.01 Å². The number of fused-ring (bicyclic) bond motifs is 1. The predicted octanol–water partition coefficient (Wildman–Crippen LogP) is 1.41. The molecule has 0 spiro atoms. The highest BCUT2D eigenvalue weighted by atomic mass is 16.7. The number of nitrogens with one attached hydrogen (secondary N) is 1. The van der Waals surface area contributed by atoms with Crippen LogP contribution in [0, 0.1) is 0 Å². The first-order chi connectivity index (χ1) is 7.19. The number of carbonyl (C=O) groups is 1. The molecule has 0 saturated heterocycles. The summed E-state index contributed by atoms with van der Waals surface area (Å²) in [7, 11) is 1.22. The molecule has 0 saturated carbocycles. The van der Waals surface area contributed by atoms with Gasteiger partial charge in [0, 0.05) is 6.07 Å². The molecule has 2 aromatic rings. The zero-order valence-corrected chi connectivity index (χ0v) is 7.85. The molecule has 0 radical (unpaired) electrons. The van der Waals surface area contributed by atoms with E-state index in [1.807, 2.05) is 0 Å². The van der Waals surface area contributed by atoms with Crippen molar-refractivity contribution >= 4 is 17.2 Å². The number of nitrogens with zero attached hydrogens (tertiary/aromatic N) is 1. The molecule has 0 aliphatic heterocycles. The number of carbonyl (C=O) groups excluding carboxylic acids is 1. The van der Waals surface area contributed by atoms with Gasteiger partial charge in [-0.25, -0.2) is 4.79 Å². The Balaban J connectivity index is 2.33. The van der Waals surface area contributed by atoms with Crippen LogP contribution >= 0.6 is 0 Å².